The summed E-state index contributed by atoms with van der Waals surface area (Å²) in [6.45, 7) is 13.2. The van der Waals surface area contributed by atoms with E-state index in [1.165, 1.54) is 12.8 Å². The van der Waals surface area contributed by atoms with Gasteiger partial charge in [-0.2, -0.15) is 0 Å². The molecule has 0 aromatic heterocycles. The van der Waals surface area contributed by atoms with Crippen molar-refractivity contribution in [3.8, 4) is 0 Å². The van der Waals surface area contributed by atoms with Gasteiger partial charge in [-0.15, -0.1) is 0 Å². The average molecular weight is 439 g/mol. The normalized spacial score (nSPS) is 23.9. The largest absolute Gasteiger partial charge is 0.448 e. The summed E-state index contributed by atoms with van der Waals surface area (Å²) in [5, 5.41) is 2.89. The Hall–Kier alpha value is -1.14. The van der Waals surface area contributed by atoms with Crippen LogP contribution in [0.5, 0.6) is 0 Å². The number of hydrogen-bond acceptors (Lipinski definition) is 5. The van der Waals surface area contributed by atoms with Gasteiger partial charge in [-0.3, -0.25) is 9.69 Å². The van der Waals surface area contributed by atoms with E-state index in [9.17, 15) is 9.59 Å². The molecule has 0 saturated carbocycles. The highest BCUT2D eigenvalue weighted by Gasteiger charge is 2.49. The molecule has 2 heterocycles. The Morgan fingerprint density at radius 3 is 2.52 bits per heavy atom. The number of ketones is 1. The molecule has 0 spiro atoms. The highest BCUT2D eigenvalue weighted by atomic mass is 16.5. The van der Waals surface area contributed by atoms with E-state index in [1.54, 1.807) is 0 Å². The number of carbonyl (C=O) groups excluding carboxylic acids is 2. The van der Waals surface area contributed by atoms with Crippen molar-refractivity contribution < 1.29 is 19.1 Å². The van der Waals surface area contributed by atoms with Crippen molar-refractivity contribution in [2.24, 2.45) is 5.92 Å². The second-order valence-electron chi connectivity index (χ2n) is 10.8. The van der Waals surface area contributed by atoms with E-state index >= 15 is 0 Å². The lowest BCUT2D eigenvalue weighted by Gasteiger charge is -2.37. The number of rotatable bonds is 13. The molecule has 1 amide bonds. The number of amides is 1. The molecule has 0 aromatic rings. The van der Waals surface area contributed by atoms with Crippen LogP contribution in [-0.2, 0) is 14.3 Å². The lowest BCUT2D eigenvalue weighted by Crippen LogP contribution is -2.48. The Morgan fingerprint density at radius 2 is 1.81 bits per heavy atom. The van der Waals surface area contributed by atoms with Crippen molar-refractivity contribution in [1.82, 2.24) is 10.2 Å². The second-order valence-corrected chi connectivity index (χ2v) is 10.8. The van der Waals surface area contributed by atoms with Crippen molar-refractivity contribution in [3.63, 3.8) is 0 Å². The van der Waals surface area contributed by atoms with Crippen LogP contribution in [0.25, 0.3) is 0 Å². The Morgan fingerprint density at radius 1 is 1.10 bits per heavy atom. The fourth-order valence-corrected chi connectivity index (χ4v) is 4.80. The molecule has 2 aliphatic heterocycles. The molecule has 6 heteroatoms. The Balaban J connectivity index is 1.55. The summed E-state index contributed by atoms with van der Waals surface area (Å²) in [5.41, 5.74) is 0.0144. The smallest absolute Gasteiger partial charge is 0.407 e. The molecule has 0 bridgehead atoms. The molecule has 0 radical (unpaired) electrons. The fourth-order valence-electron chi connectivity index (χ4n) is 4.80. The van der Waals surface area contributed by atoms with Crippen molar-refractivity contribution in [2.45, 2.75) is 116 Å². The van der Waals surface area contributed by atoms with Crippen molar-refractivity contribution in [1.29, 1.82) is 0 Å². The number of hydrogen-bond donors (Lipinski definition) is 1. The van der Waals surface area contributed by atoms with Gasteiger partial charge in [-0.25, -0.2) is 4.79 Å². The number of fused-ring (bicyclic) bond motifs is 1. The number of unbranched alkanes of at least 4 members (excludes halogenated alkanes) is 4. The molecule has 2 atom stereocenters. The van der Waals surface area contributed by atoms with Gasteiger partial charge in [0.15, 0.2) is 0 Å². The van der Waals surface area contributed by atoms with Crippen LogP contribution < -0.4 is 5.32 Å². The molecule has 31 heavy (non-hydrogen) atoms. The van der Waals surface area contributed by atoms with Gasteiger partial charge in [0.1, 0.15) is 12.4 Å². The lowest BCUT2D eigenvalue weighted by molar-refractivity contribution is -0.122. The molecule has 2 fully saturated rings. The number of carbonyl (C=O) groups is 2. The zero-order chi connectivity index (χ0) is 22.9. The third-order valence-electron chi connectivity index (χ3n) is 6.73. The summed E-state index contributed by atoms with van der Waals surface area (Å²) in [7, 11) is 0. The zero-order valence-electron chi connectivity index (χ0n) is 20.6. The number of alkyl carbamates (subject to hydrolysis) is 1. The van der Waals surface area contributed by atoms with E-state index in [0.717, 1.165) is 58.1 Å². The third kappa shape index (κ3) is 8.72. The number of nitrogens with one attached hydrogen (secondary N) is 1. The first-order valence-corrected chi connectivity index (χ1v) is 12.5. The quantitative estimate of drug-likeness (QED) is 0.406. The predicted octanol–water partition coefficient (Wildman–Crippen LogP) is 5.09. The van der Waals surface area contributed by atoms with Gasteiger partial charge in [-0.1, -0.05) is 33.1 Å². The van der Waals surface area contributed by atoms with Crippen LogP contribution in [0.1, 0.15) is 98.8 Å². The number of Topliss-reactive ketones (excluding diaryl/α,β-unsaturated/α-hetero) is 1. The van der Waals surface area contributed by atoms with E-state index in [1.807, 2.05) is 13.8 Å². The number of nitrogens with zero attached hydrogens (tertiary/aromatic N) is 1. The van der Waals surface area contributed by atoms with Gasteiger partial charge in [-0.05, 0) is 65.8 Å². The Labute approximate surface area is 189 Å². The first-order valence-electron chi connectivity index (χ1n) is 12.5. The van der Waals surface area contributed by atoms with Crippen LogP contribution in [0.4, 0.5) is 4.79 Å². The fraction of sp³-hybridized carbons (Fsp3) is 0.920. The topological polar surface area (TPSA) is 67.9 Å². The second kappa shape index (κ2) is 12.2. The molecule has 180 valence electrons. The van der Waals surface area contributed by atoms with Crippen LogP contribution in [0.2, 0.25) is 0 Å². The minimum atomic E-state index is -0.301. The van der Waals surface area contributed by atoms with E-state index < -0.39 is 0 Å². The standard InChI is InChI=1S/C25H46N2O4/c1-20(2)22(28)12-9-7-6-8-10-16-26-23(29)30-18-21-13-15-25(14-11-17-27(21)25)19-31-24(3,4)5/h20-21H,6-19H2,1-5H3,(H,26,29). The number of ether oxygens (including phenoxy) is 2. The van der Waals surface area contributed by atoms with Crippen LogP contribution in [0.15, 0.2) is 0 Å². The lowest BCUT2D eigenvalue weighted by atomic mass is 9.95. The molecule has 2 rings (SSSR count). The van der Waals surface area contributed by atoms with E-state index in [2.05, 4.69) is 31.0 Å². The van der Waals surface area contributed by atoms with Gasteiger partial charge in [0.2, 0.25) is 0 Å². The highest BCUT2D eigenvalue weighted by Crippen LogP contribution is 2.43. The maximum Gasteiger partial charge on any atom is 0.407 e. The summed E-state index contributed by atoms with van der Waals surface area (Å²) in [6, 6.07) is 0.311. The first-order chi connectivity index (χ1) is 14.6. The van der Waals surface area contributed by atoms with Crippen molar-refractivity contribution in [2.75, 3.05) is 26.3 Å². The molecule has 2 unspecified atom stereocenters. The monoisotopic (exact) mass is 438 g/mol. The summed E-state index contributed by atoms with van der Waals surface area (Å²) in [6.07, 6.45) is 10.2. The Kier molecular flexibility index (Phi) is 10.3. The summed E-state index contributed by atoms with van der Waals surface area (Å²) in [5.74, 6) is 0.512. The van der Waals surface area contributed by atoms with Crippen LogP contribution in [-0.4, -0.2) is 60.3 Å². The average Bonchev–Trinajstić information content (AvgIpc) is 3.25. The molecular formula is C25H46N2O4. The third-order valence-corrected chi connectivity index (χ3v) is 6.73. The van der Waals surface area contributed by atoms with Crippen LogP contribution in [0, 0.1) is 5.92 Å². The van der Waals surface area contributed by atoms with Gasteiger partial charge < -0.3 is 14.8 Å². The van der Waals surface area contributed by atoms with Crippen molar-refractivity contribution >= 4 is 11.9 Å². The van der Waals surface area contributed by atoms with E-state index in [4.69, 9.17) is 9.47 Å². The van der Waals surface area contributed by atoms with Crippen LogP contribution in [0.3, 0.4) is 0 Å². The summed E-state index contributed by atoms with van der Waals surface area (Å²) >= 11 is 0. The minimum absolute atomic E-state index is 0.122. The maximum atomic E-state index is 12.1. The molecule has 2 aliphatic rings. The Bertz CT molecular complexity index is 572. The molecule has 0 aromatic carbocycles. The van der Waals surface area contributed by atoms with E-state index in [0.29, 0.717) is 31.4 Å². The maximum absolute atomic E-state index is 12.1. The van der Waals surface area contributed by atoms with Gasteiger partial charge in [0.25, 0.3) is 0 Å². The summed E-state index contributed by atoms with van der Waals surface area (Å²) < 4.78 is 11.7. The van der Waals surface area contributed by atoms with Gasteiger partial charge in [0, 0.05) is 30.5 Å². The zero-order valence-corrected chi connectivity index (χ0v) is 20.6. The predicted molar refractivity (Wildman–Crippen MR) is 124 cm³/mol. The molecule has 6 nitrogen and oxygen atoms in total. The van der Waals surface area contributed by atoms with Gasteiger partial charge >= 0.3 is 6.09 Å². The summed E-state index contributed by atoms with van der Waals surface area (Å²) in [4.78, 5) is 26.2. The van der Waals surface area contributed by atoms with E-state index in [-0.39, 0.29) is 23.2 Å². The SMILES string of the molecule is CC(C)C(=O)CCCCCCCNC(=O)OCC1CCC2(COC(C)(C)C)CCCN12. The molecule has 0 aliphatic carbocycles. The van der Waals surface area contributed by atoms with Crippen LogP contribution >= 0.6 is 0 Å². The molecule has 2 saturated heterocycles. The molecular weight excluding hydrogens is 392 g/mol. The highest BCUT2D eigenvalue weighted by molar-refractivity contribution is 5.80. The minimum Gasteiger partial charge on any atom is -0.448 e. The van der Waals surface area contributed by atoms with Crippen molar-refractivity contribution in [3.05, 3.63) is 0 Å². The van der Waals surface area contributed by atoms with Gasteiger partial charge in [0.05, 0.1) is 12.2 Å². The molecule has 1 N–H and O–H groups in total. The first kappa shape index (κ1) is 26.1.